The predicted octanol–water partition coefficient (Wildman–Crippen LogP) is 7.16. The number of rotatable bonds is 20. The van der Waals surface area contributed by atoms with Crippen molar-refractivity contribution in [3.05, 3.63) is 47.7 Å². The Hall–Kier alpha value is -3.00. The number of allylic oxidation sites excluding steroid dienone is 2. The first-order valence-corrected chi connectivity index (χ1v) is 17.4. The Morgan fingerprint density at radius 2 is 1.36 bits per heavy atom. The highest BCUT2D eigenvalue weighted by Gasteiger charge is 2.28. The minimum Gasteiger partial charge on any atom is -0.494 e. The van der Waals surface area contributed by atoms with Gasteiger partial charge < -0.3 is 19.8 Å². The Kier molecular flexibility index (Phi) is 14.4. The molecule has 1 unspecified atom stereocenters. The Morgan fingerprint density at radius 3 is 1.91 bits per heavy atom. The summed E-state index contributed by atoms with van der Waals surface area (Å²) < 4.78 is 7.59. The number of piperazine rings is 1. The van der Waals surface area contributed by atoms with Crippen LogP contribution in [0.15, 0.2) is 36.5 Å². The van der Waals surface area contributed by atoms with E-state index in [0.717, 1.165) is 56.0 Å². The van der Waals surface area contributed by atoms with Crippen LogP contribution in [0.1, 0.15) is 108 Å². The first-order valence-electron chi connectivity index (χ1n) is 17.4. The van der Waals surface area contributed by atoms with Gasteiger partial charge in [-0.15, -0.1) is 0 Å². The van der Waals surface area contributed by atoms with Gasteiger partial charge in [0.15, 0.2) is 11.8 Å². The van der Waals surface area contributed by atoms with E-state index in [1.165, 1.54) is 75.2 Å². The number of hydrogen-bond donors (Lipinski definition) is 2. The van der Waals surface area contributed by atoms with Gasteiger partial charge in [-0.25, -0.2) is 4.98 Å². The topological polar surface area (TPSA) is 91.1 Å². The first kappa shape index (κ1) is 33.9. The van der Waals surface area contributed by atoms with E-state index in [1.54, 1.807) is 0 Å². The number of fused-ring (bicyclic) bond motifs is 1. The number of pyridine rings is 1. The molecule has 8 heteroatoms. The molecule has 2 aromatic rings. The summed E-state index contributed by atoms with van der Waals surface area (Å²) in [5.41, 5.74) is 1.54. The largest absolute Gasteiger partial charge is 0.494 e. The maximum absolute atomic E-state index is 13.0. The molecule has 0 radical (unpaired) electrons. The number of carbonyl (C=O) groups is 1. The molecule has 0 aromatic carbocycles. The van der Waals surface area contributed by atoms with Gasteiger partial charge in [0, 0.05) is 56.5 Å². The molecule has 2 aliphatic rings. The quantitative estimate of drug-likeness (QED) is 0.0936. The summed E-state index contributed by atoms with van der Waals surface area (Å²) in [6.45, 7) is 6.39. The lowest BCUT2D eigenvalue weighted by Crippen LogP contribution is -2.49. The van der Waals surface area contributed by atoms with Gasteiger partial charge in [0.1, 0.15) is 11.9 Å². The first-order chi connectivity index (χ1) is 21.6. The van der Waals surface area contributed by atoms with Gasteiger partial charge in [-0.1, -0.05) is 102 Å². The van der Waals surface area contributed by atoms with E-state index in [-0.39, 0.29) is 24.3 Å². The van der Waals surface area contributed by atoms with Gasteiger partial charge in [-0.05, 0) is 31.4 Å². The average Bonchev–Trinajstić information content (AvgIpc) is 3.28. The Morgan fingerprint density at radius 1 is 0.795 bits per heavy atom. The molecular formula is C36H56N4O4. The van der Waals surface area contributed by atoms with Crippen molar-refractivity contribution in [3.8, 4) is 11.8 Å². The lowest BCUT2D eigenvalue weighted by Gasteiger charge is -2.37. The lowest BCUT2D eigenvalue weighted by atomic mass is 10.0. The van der Waals surface area contributed by atoms with Crippen molar-refractivity contribution < 1.29 is 19.7 Å². The fraction of sp³-hybridized carbons (Fsp3) is 0.667. The van der Waals surface area contributed by atoms with Crippen molar-refractivity contribution in [2.45, 2.75) is 122 Å². The van der Waals surface area contributed by atoms with Gasteiger partial charge in [-0.2, -0.15) is 0 Å². The van der Waals surface area contributed by atoms with E-state index in [0.29, 0.717) is 25.8 Å². The summed E-state index contributed by atoms with van der Waals surface area (Å²) >= 11 is 0. The molecule has 44 heavy (non-hydrogen) atoms. The summed E-state index contributed by atoms with van der Waals surface area (Å²) in [4.78, 5) is 22.1. The molecule has 0 amide bonds. The predicted molar refractivity (Wildman–Crippen MR) is 177 cm³/mol. The molecule has 0 bridgehead atoms. The molecule has 8 nitrogen and oxygen atoms in total. The fourth-order valence-electron chi connectivity index (χ4n) is 6.56. The third-order valence-corrected chi connectivity index (χ3v) is 9.20. The van der Waals surface area contributed by atoms with E-state index in [2.05, 4.69) is 21.7 Å². The average molecular weight is 609 g/mol. The maximum Gasteiger partial charge on any atom is 0.306 e. The second-order valence-electron chi connectivity index (χ2n) is 12.7. The molecule has 1 fully saturated rings. The smallest absolute Gasteiger partial charge is 0.306 e. The van der Waals surface area contributed by atoms with Crippen LogP contribution in [0.5, 0.6) is 11.8 Å². The molecule has 0 saturated carbocycles. The van der Waals surface area contributed by atoms with Crippen LogP contribution in [-0.4, -0.2) is 69.5 Å². The summed E-state index contributed by atoms with van der Waals surface area (Å²) in [5, 5.41) is 21.9. The van der Waals surface area contributed by atoms with Crippen LogP contribution < -0.4 is 4.90 Å². The molecule has 0 spiro atoms. The fourth-order valence-corrected chi connectivity index (χ4v) is 6.56. The third-order valence-electron chi connectivity index (χ3n) is 9.20. The second-order valence-corrected chi connectivity index (χ2v) is 12.7. The molecule has 1 aliphatic heterocycles. The van der Waals surface area contributed by atoms with E-state index >= 15 is 0 Å². The normalized spacial score (nSPS) is 15.8. The van der Waals surface area contributed by atoms with Crippen LogP contribution >= 0.6 is 0 Å². The van der Waals surface area contributed by atoms with Gasteiger partial charge in [-0.3, -0.25) is 14.3 Å². The van der Waals surface area contributed by atoms with Gasteiger partial charge >= 0.3 is 5.97 Å². The van der Waals surface area contributed by atoms with E-state index in [4.69, 9.17) is 4.74 Å². The van der Waals surface area contributed by atoms with E-state index in [9.17, 15) is 15.0 Å². The number of nitrogens with zero attached hydrogens (tertiary/aromatic N) is 4. The number of anilines is 1. The van der Waals surface area contributed by atoms with Crippen molar-refractivity contribution in [2.24, 2.45) is 0 Å². The number of unbranched alkanes of at least 4 members (excludes halogenated alkanes) is 12. The summed E-state index contributed by atoms with van der Waals surface area (Å²) in [7, 11) is 0. The zero-order valence-corrected chi connectivity index (χ0v) is 27.1. The van der Waals surface area contributed by atoms with Crippen LogP contribution in [0.25, 0.3) is 0 Å². The van der Waals surface area contributed by atoms with Crippen LogP contribution in [0.4, 0.5) is 5.82 Å². The molecule has 4 rings (SSSR count). The highest BCUT2D eigenvalue weighted by atomic mass is 16.5. The maximum atomic E-state index is 13.0. The number of aromatic hydroxyl groups is 2. The summed E-state index contributed by atoms with van der Waals surface area (Å²) in [6, 6.07) is 5.97. The number of carbonyl (C=O) groups excluding carboxylic acids is 1. The zero-order valence-electron chi connectivity index (χ0n) is 27.1. The number of hydrogen-bond acceptors (Lipinski definition) is 7. The van der Waals surface area contributed by atoms with Gasteiger partial charge in [0.25, 0.3) is 0 Å². The van der Waals surface area contributed by atoms with Crippen molar-refractivity contribution >= 4 is 11.8 Å². The van der Waals surface area contributed by atoms with Crippen LogP contribution in [0.3, 0.4) is 0 Å². The van der Waals surface area contributed by atoms with Crippen molar-refractivity contribution in [1.29, 1.82) is 0 Å². The van der Waals surface area contributed by atoms with Gasteiger partial charge in [0.05, 0.1) is 6.54 Å². The van der Waals surface area contributed by atoms with Crippen LogP contribution in [-0.2, 0) is 28.9 Å². The zero-order chi connectivity index (χ0) is 31.0. The highest BCUT2D eigenvalue weighted by Crippen LogP contribution is 2.37. The Bertz CT molecular complexity index is 1110. The third kappa shape index (κ3) is 10.6. The van der Waals surface area contributed by atoms with Crippen molar-refractivity contribution in [1.82, 2.24) is 14.5 Å². The number of ether oxygens (including phenoxy) is 1. The molecule has 1 saturated heterocycles. The molecule has 2 N–H and O–H groups in total. The van der Waals surface area contributed by atoms with E-state index in [1.807, 2.05) is 36.5 Å². The molecule has 1 atom stereocenters. The summed E-state index contributed by atoms with van der Waals surface area (Å²) in [6.07, 6.45) is 23.5. The SMILES string of the molecule is CCCCCCCCCCCCCCCC(=O)OC(CN1CCN(c2ccccn2)CC1)Cn1c(O)c2c(c1O)CC=CC2. The monoisotopic (exact) mass is 608 g/mol. The minimum absolute atomic E-state index is 0.0827. The second kappa shape index (κ2) is 18.7. The molecule has 244 valence electrons. The lowest BCUT2D eigenvalue weighted by molar-refractivity contribution is -0.151. The highest BCUT2D eigenvalue weighted by molar-refractivity contribution is 5.69. The van der Waals surface area contributed by atoms with Crippen molar-refractivity contribution in [2.75, 3.05) is 37.6 Å². The summed E-state index contributed by atoms with van der Waals surface area (Å²) in [5.74, 6) is 0.954. The molecule has 1 aliphatic carbocycles. The standard InChI is InChI=1S/C36H56N4O4/c1-2-3-4-5-6-7-8-9-10-11-12-13-14-22-34(41)44-30(29-40-35(42)31-19-15-16-20-32(31)36(40)43)28-38-24-26-39(27-25-38)33-21-17-18-23-37-33/h15-18,21,23,30,42-43H,2-14,19-20,22,24-29H2,1H3. The van der Waals surface area contributed by atoms with E-state index < -0.39 is 6.10 Å². The number of esters is 1. The molecule has 2 aromatic heterocycles. The van der Waals surface area contributed by atoms with Gasteiger partial charge in [0.2, 0.25) is 0 Å². The Balaban J connectivity index is 1.21. The van der Waals surface area contributed by atoms with Crippen LogP contribution in [0.2, 0.25) is 0 Å². The van der Waals surface area contributed by atoms with Crippen molar-refractivity contribution in [3.63, 3.8) is 0 Å². The molecular weight excluding hydrogens is 552 g/mol. The molecule has 3 heterocycles. The number of aromatic nitrogens is 2. The minimum atomic E-state index is -0.468. The van der Waals surface area contributed by atoms with Crippen LogP contribution in [0, 0.1) is 0 Å². The Labute approximate surface area is 265 Å².